The van der Waals surface area contributed by atoms with Crippen molar-refractivity contribution in [1.29, 1.82) is 0 Å². The Morgan fingerprint density at radius 3 is 2.35 bits per heavy atom. The molecule has 23 heavy (non-hydrogen) atoms. The van der Waals surface area contributed by atoms with Gasteiger partial charge in [0.2, 0.25) is 5.91 Å². The van der Waals surface area contributed by atoms with Crippen LogP contribution in [0.4, 0.5) is 5.69 Å². The van der Waals surface area contributed by atoms with Gasteiger partial charge >= 0.3 is 0 Å². The number of nitrogens with one attached hydrogen (secondary N) is 1. The summed E-state index contributed by atoms with van der Waals surface area (Å²) >= 11 is 0. The van der Waals surface area contributed by atoms with E-state index >= 15 is 0 Å². The summed E-state index contributed by atoms with van der Waals surface area (Å²) in [5.41, 5.74) is 1.19. The maximum atomic E-state index is 12.5. The highest BCUT2D eigenvalue weighted by atomic mass is 32.2. The first-order valence-corrected chi connectivity index (χ1v) is 9.29. The molecule has 2 aromatic rings. The number of sulfone groups is 1. The van der Waals surface area contributed by atoms with E-state index in [2.05, 4.69) is 5.32 Å². The van der Waals surface area contributed by atoms with Crippen LogP contribution in [0.3, 0.4) is 0 Å². The highest BCUT2D eigenvalue weighted by Gasteiger charge is 2.39. The fourth-order valence-corrected chi connectivity index (χ4v) is 4.00. The van der Waals surface area contributed by atoms with Crippen molar-refractivity contribution in [2.75, 3.05) is 5.32 Å². The fraction of sp³-hybridized carbons (Fsp3) is 0.278. The highest BCUT2D eigenvalue weighted by Crippen LogP contribution is 2.38. The summed E-state index contributed by atoms with van der Waals surface area (Å²) in [4.78, 5) is 12.4. The minimum Gasteiger partial charge on any atom is -0.326 e. The number of benzene rings is 2. The van der Waals surface area contributed by atoms with Gasteiger partial charge in [-0.05, 0) is 36.1 Å². The molecule has 1 amide bonds. The number of anilines is 1. The minimum absolute atomic E-state index is 0.0259. The second-order valence-corrected chi connectivity index (χ2v) is 8.03. The average molecular weight is 329 g/mol. The number of para-hydroxylation sites is 1. The standard InChI is InChI=1S/C18H19NO3S/c1-13-11-16(13)18(20)19-17-10-6-5-7-14(17)12-23(21,22)15-8-3-2-4-9-15/h2-10,13,16H,11-12H2,1H3,(H,19,20)/t13-,16+/m0/s1. The fourth-order valence-electron chi connectivity index (χ4n) is 2.60. The summed E-state index contributed by atoms with van der Waals surface area (Å²) in [6.45, 7) is 2.04. The summed E-state index contributed by atoms with van der Waals surface area (Å²) in [7, 11) is -3.44. The molecule has 120 valence electrons. The number of carbonyl (C=O) groups is 1. The molecule has 0 aromatic heterocycles. The quantitative estimate of drug-likeness (QED) is 0.916. The van der Waals surface area contributed by atoms with Gasteiger partial charge in [-0.3, -0.25) is 4.79 Å². The van der Waals surface area contributed by atoms with Crippen molar-refractivity contribution in [3.05, 3.63) is 60.2 Å². The van der Waals surface area contributed by atoms with Crippen LogP contribution in [0.1, 0.15) is 18.9 Å². The molecule has 0 spiro atoms. The zero-order chi connectivity index (χ0) is 16.4. The molecule has 1 aliphatic rings. The van der Waals surface area contributed by atoms with Gasteiger partial charge in [0.1, 0.15) is 0 Å². The SMILES string of the molecule is C[C@H]1C[C@H]1C(=O)Nc1ccccc1CS(=O)(=O)c1ccccc1. The molecule has 0 heterocycles. The maximum absolute atomic E-state index is 12.5. The number of carbonyl (C=O) groups excluding carboxylic acids is 1. The minimum atomic E-state index is -3.44. The molecular formula is C18H19NO3S. The lowest BCUT2D eigenvalue weighted by Crippen LogP contribution is -2.16. The molecule has 2 atom stereocenters. The van der Waals surface area contributed by atoms with Gasteiger partial charge in [-0.15, -0.1) is 0 Å². The summed E-state index contributed by atoms with van der Waals surface area (Å²) in [5.74, 6) is 0.305. The molecular weight excluding hydrogens is 310 g/mol. The maximum Gasteiger partial charge on any atom is 0.227 e. The number of hydrogen-bond acceptors (Lipinski definition) is 3. The van der Waals surface area contributed by atoms with E-state index < -0.39 is 9.84 Å². The van der Waals surface area contributed by atoms with Crippen molar-refractivity contribution in [3.63, 3.8) is 0 Å². The zero-order valence-electron chi connectivity index (χ0n) is 12.9. The molecule has 1 aliphatic carbocycles. The predicted octanol–water partition coefficient (Wildman–Crippen LogP) is 3.26. The van der Waals surface area contributed by atoms with Gasteiger partial charge < -0.3 is 5.32 Å². The Morgan fingerprint density at radius 1 is 1.09 bits per heavy atom. The predicted molar refractivity (Wildman–Crippen MR) is 89.7 cm³/mol. The largest absolute Gasteiger partial charge is 0.326 e. The summed E-state index contributed by atoms with van der Waals surface area (Å²) < 4.78 is 25.1. The van der Waals surface area contributed by atoms with Gasteiger partial charge in [0.25, 0.3) is 0 Å². The first-order valence-electron chi connectivity index (χ1n) is 7.64. The van der Waals surface area contributed by atoms with E-state index in [1.165, 1.54) is 0 Å². The number of hydrogen-bond donors (Lipinski definition) is 1. The lowest BCUT2D eigenvalue weighted by Gasteiger charge is -2.11. The molecule has 0 radical (unpaired) electrons. The average Bonchev–Trinajstić information content (AvgIpc) is 3.27. The van der Waals surface area contributed by atoms with Crippen LogP contribution < -0.4 is 5.32 Å². The van der Waals surface area contributed by atoms with Gasteiger partial charge in [0, 0.05) is 11.6 Å². The Kier molecular flexibility index (Phi) is 4.22. The lowest BCUT2D eigenvalue weighted by molar-refractivity contribution is -0.117. The zero-order valence-corrected chi connectivity index (χ0v) is 13.7. The number of amides is 1. The molecule has 3 rings (SSSR count). The molecule has 4 nitrogen and oxygen atoms in total. The van der Waals surface area contributed by atoms with Crippen LogP contribution in [0.5, 0.6) is 0 Å². The van der Waals surface area contributed by atoms with E-state index in [0.717, 1.165) is 6.42 Å². The summed E-state index contributed by atoms with van der Waals surface area (Å²) in [6.07, 6.45) is 0.899. The van der Waals surface area contributed by atoms with Crippen LogP contribution in [-0.2, 0) is 20.4 Å². The van der Waals surface area contributed by atoms with Crippen LogP contribution in [-0.4, -0.2) is 14.3 Å². The van der Waals surface area contributed by atoms with Crippen molar-refractivity contribution in [2.45, 2.75) is 24.0 Å². The molecule has 0 aliphatic heterocycles. The van der Waals surface area contributed by atoms with Crippen molar-refractivity contribution in [1.82, 2.24) is 0 Å². The second kappa shape index (κ2) is 6.16. The Hall–Kier alpha value is -2.14. The Balaban J connectivity index is 1.82. The van der Waals surface area contributed by atoms with E-state index in [4.69, 9.17) is 0 Å². The van der Waals surface area contributed by atoms with Gasteiger partial charge in [0.05, 0.1) is 10.6 Å². The van der Waals surface area contributed by atoms with Crippen molar-refractivity contribution in [3.8, 4) is 0 Å². The van der Waals surface area contributed by atoms with Crippen LogP contribution in [0.25, 0.3) is 0 Å². The second-order valence-electron chi connectivity index (χ2n) is 6.04. The van der Waals surface area contributed by atoms with E-state index in [1.807, 2.05) is 6.92 Å². The van der Waals surface area contributed by atoms with Crippen molar-refractivity contribution < 1.29 is 13.2 Å². The van der Waals surface area contributed by atoms with E-state index in [9.17, 15) is 13.2 Å². The van der Waals surface area contributed by atoms with E-state index in [0.29, 0.717) is 17.2 Å². The third-order valence-electron chi connectivity index (χ3n) is 4.17. The van der Waals surface area contributed by atoms with Gasteiger partial charge in [-0.25, -0.2) is 8.42 Å². The van der Waals surface area contributed by atoms with Crippen LogP contribution >= 0.6 is 0 Å². The van der Waals surface area contributed by atoms with Crippen LogP contribution in [0.15, 0.2) is 59.5 Å². The van der Waals surface area contributed by atoms with Gasteiger partial charge in [0.15, 0.2) is 9.84 Å². The molecule has 0 bridgehead atoms. The van der Waals surface area contributed by atoms with E-state index in [-0.39, 0.29) is 22.5 Å². The lowest BCUT2D eigenvalue weighted by atomic mass is 10.2. The monoisotopic (exact) mass is 329 g/mol. The van der Waals surface area contributed by atoms with Crippen LogP contribution in [0, 0.1) is 11.8 Å². The molecule has 1 fully saturated rings. The summed E-state index contributed by atoms with van der Waals surface area (Å²) in [6, 6.07) is 15.4. The van der Waals surface area contributed by atoms with Crippen molar-refractivity contribution >= 4 is 21.4 Å². The Bertz CT molecular complexity index is 815. The molecule has 0 saturated heterocycles. The molecule has 0 unspecified atom stereocenters. The first-order chi connectivity index (χ1) is 11.0. The molecule has 2 aromatic carbocycles. The smallest absolute Gasteiger partial charge is 0.227 e. The Labute approximate surface area is 136 Å². The normalized spacial score (nSPS) is 20.0. The molecule has 1 N–H and O–H groups in total. The van der Waals surface area contributed by atoms with E-state index in [1.54, 1.807) is 54.6 Å². The van der Waals surface area contributed by atoms with Crippen molar-refractivity contribution in [2.24, 2.45) is 11.8 Å². The number of rotatable bonds is 5. The first kappa shape index (κ1) is 15.7. The van der Waals surface area contributed by atoms with Gasteiger partial charge in [-0.1, -0.05) is 43.3 Å². The van der Waals surface area contributed by atoms with Crippen LogP contribution in [0.2, 0.25) is 0 Å². The molecule has 1 saturated carbocycles. The highest BCUT2D eigenvalue weighted by molar-refractivity contribution is 7.90. The third kappa shape index (κ3) is 3.62. The third-order valence-corrected chi connectivity index (χ3v) is 5.85. The Morgan fingerprint density at radius 2 is 1.70 bits per heavy atom. The topological polar surface area (TPSA) is 63.2 Å². The summed E-state index contributed by atoms with van der Waals surface area (Å²) in [5, 5.41) is 2.87. The molecule has 5 heteroatoms. The van der Waals surface area contributed by atoms with Gasteiger partial charge in [-0.2, -0.15) is 0 Å².